The zero-order chi connectivity index (χ0) is 13.9. The zero-order valence-corrected chi connectivity index (χ0v) is 11.3. The van der Waals surface area contributed by atoms with E-state index >= 15 is 0 Å². The molecule has 19 heavy (non-hydrogen) atoms. The Morgan fingerprint density at radius 2 is 1.58 bits per heavy atom. The van der Waals surface area contributed by atoms with E-state index in [0.717, 1.165) is 0 Å². The van der Waals surface area contributed by atoms with Crippen LogP contribution in [0.1, 0.15) is 5.56 Å². The van der Waals surface area contributed by atoms with E-state index in [1.165, 1.54) is 36.4 Å². The van der Waals surface area contributed by atoms with Crippen molar-refractivity contribution in [2.24, 2.45) is 0 Å². The Morgan fingerprint density at radius 1 is 1.00 bits per heavy atom. The van der Waals surface area contributed by atoms with Gasteiger partial charge >= 0.3 is 5.04 Å². The Morgan fingerprint density at radius 3 is 2.11 bits per heavy atom. The number of halogens is 1. The van der Waals surface area contributed by atoms with Crippen LogP contribution in [-0.2, 0) is 9.84 Å². The van der Waals surface area contributed by atoms with Crippen molar-refractivity contribution in [2.75, 3.05) is 0 Å². The van der Waals surface area contributed by atoms with Crippen LogP contribution in [0.15, 0.2) is 59.5 Å². The molecule has 0 saturated carbocycles. The summed E-state index contributed by atoms with van der Waals surface area (Å²) in [5, 5.41) is 0.0634. The largest absolute Gasteiger partial charge is 0.416 e. The molecule has 96 valence electrons. The quantitative estimate of drug-likeness (QED) is 0.369. The SMILES string of the molecule is [N-]=[N+]=C(c1ccc(Cl)cc1)S(=O)(=O)c1ccccc1. The zero-order valence-electron chi connectivity index (χ0n) is 9.69. The van der Waals surface area contributed by atoms with Crippen molar-refractivity contribution < 1.29 is 13.2 Å². The highest BCUT2D eigenvalue weighted by molar-refractivity contribution is 8.06. The van der Waals surface area contributed by atoms with Gasteiger partial charge in [-0.25, -0.2) is 8.42 Å². The van der Waals surface area contributed by atoms with Crippen molar-refractivity contribution in [3.8, 4) is 0 Å². The van der Waals surface area contributed by atoms with E-state index < -0.39 is 14.9 Å². The van der Waals surface area contributed by atoms with Gasteiger partial charge < -0.3 is 5.53 Å². The predicted octanol–water partition coefficient (Wildman–Crippen LogP) is 2.79. The Labute approximate surface area is 115 Å². The monoisotopic (exact) mass is 292 g/mol. The molecule has 0 aromatic heterocycles. The average molecular weight is 293 g/mol. The Bertz CT molecular complexity index is 734. The second-order valence-electron chi connectivity index (χ2n) is 3.73. The highest BCUT2D eigenvalue weighted by atomic mass is 35.5. The molecule has 0 unspecified atom stereocenters. The van der Waals surface area contributed by atoms with Gasteiger partial charge in [0.05, 0.1) is 10.5 Å². The molecule has 0 aliphatic rings. The second kappa shape index (κ2) is 5.36. The minimum Gasteiger partial charge on any atom is -0.360 e. The molecule has 0 aliphatic carbocycles. The Hall–Kier alpha value is -1.94. The third kappa shape index (κ3) is 2.74. The first kappa shape index (κ1) is 13.5. The number of benzene rings is 2. The van der Waals surface area contributed by atoms with E-state index in [9.17, 15) is 8.42 Å². The van der Waals surface area contributed by atoms with Gasteiger partial charge in [0, 0.05) is 5.02 Å². The molecule has 0 fully saturated rings. The maximum Gasteiger partial charge on any atom is 0.416 e. The molecule has 6 heteroatoms. The summed E-state index contributed by atoms with van der Waals surface area (Å²) in [5.74, 6) is 0. The summed E-state index contributed by atoms with van der Waals surface area (Å²) in [5.41, 5.74) is 9.30. The number of hydrogen-bond acceptors (Lipinski definition) is 2. The normalized spacial score (nSPS) is 10.8. The van der Waals surface area contributed by atoms with Crippen molar-refractivity contribution in [3.63, 3.8) is 0 Å². The molecule has 0 atom stereocenters. The van der Waals surface area contributed by atoms with Gasteiger partial charge in [0.1, 0.15) is 0 Å². The van der Waals surface area contributed by atoms with Gasteiger partial charge in [0.25, 0.3) is 9.84 Å². The van der Waals surface area contributed by atoms with Crippen molar-refractivity contribution in [3.05, 3.63) is 70.7 Å². The lowest BCUT2D eigenvalue weighted by Gasteiger charge is -2.00. The van der Waals surface area contributed by atoms with Gasteiger partial charge in [0.2, 0.25) is 0 Å². The van der Waals surface area contributed by atoms with Crippen LogP contribution in [-0.4, -0.2) is 18.3 Å². The first-order chi connectivity index (χ1) is 9.05. The number of hydrogen-bond donors (Lipinski definition) is 0. The molecule has 4 nitrogen and oxygen atoms in total. The first-order valence-corrected chi connectivity index (χ1v) is 7.20. The van der Waals surface area contributed by atoms with Crippen LogP contribution in [0.5, 0.6) is 0 Å². The van der Waals surface area contributed by atoms with Crippen LogP contribution in [0.2, 0.25) is 5.02 Å². The summed E-state index contributed by atoms with van der Waals surface area (Å²) in [7, 11) is -3.86. The maximum atomic E-state index is 12.3. The van der Waals surface area contributed by atoms with Gasteiger partial charge in [-0.15, -0.1) is 0 Å². The molecule has 0 aliphatic heterocycles. The average Bonchev–Trinajstić information content (AvgIpc) is 2.42. The van der Waals surface area contributed by atoms with Crippen LogP contribution in [0.25, 0.3) is 5.53 Å². The summed E-state index contributed by atoms with van der Waals surface area (Å²) in [6.45, 7) is 0. The highest BCUT2D eigenvalue weighted by Gasteiger charge is 2.31. The predicted molar refractivity (Wildman–Crippen MR) is 72.8 cm³/mol. The van der Waals surface area contributed by atoms with Crippen LogP contribution >= 0.6 is 11.6 Å². The van der Waals surface area contributed by atoms with Crippen molar-refractivity contribution >= 4 is 26.5 Å². The van der Waals surface area contributed by atoms with Crippen LogP contribution in [0, 0.1) is 0 Å². The number of sulfone groups is 1. The summed E-state index contributed by atoms with van der Waals surface area (Å²) in [6, 6.07) is 13.8. The molecule has 2 aromatic rings. The van der Waals surface area contributed by atoms with Crippen LogP contribution in [0.3, 0.4) is 0 Å². The van der Waals surface area contributed by atoms with E-state index in [2.05, 4.69) is 4.79 Å². The van der Waals surface area contributed by atoms with Crippen LogP contribution < -0.4 is 0 Å². The fourth-order valence-corrected chi connectivity index (χ4v) is 2.99. The van der Waals surface area contributed by atoms with E-state index in [-0.39, 0.29) is 10.5 Å². The van der Waals surface area contributed by atoms with Crippen LogP contribution in [0.4, 0.5) is 0 Å². The Kier molecular flexibility index (Phi) is 3.81. The summed E-state index contributed by atoms with van der Waals surface area (Å²) in [4.78, 5) is 2.99. The fourth-order valence-electron chi connectivity index (χ4n) is 1.57. The smallest absolute Gasteiger partial charge is 0.360 e. The van der Waals surface area contributed by atoms with Gasteiger partial charge in [-0.3, -0.25) is 0 Å². The molecule has 0 radical (unpaired) electrons. The van der Waals surface area contributed by atoms with Gasteiger partial charge in [0.15, 0.2) is 0 Å². The van der Waals surface area contributed by atoms with E-state index in [1.54, 1.807) is 18.2 Å². The maximum absolute atomic E-state index is 12.3. The topological polar surface area (TPSA) is 70.5 Å². The minimum absolute atomic E-state index is 0.0674. The molecule has 0 heterocycles. The second-order valence-corrected chi connectivity index (χ2v) is 6.03. The molecule has 0 bridgehead atoms. The summed E-state index contributed by atoms with van der Waals surface area (Å²) < 4.78 is 24.7. The lowest BCUT2D eigenvalue weighted by Crippen LogP contribution is -2.17. The fraction of sp³-hybridized carbons (Fsp3) is 0. The minimum atomic E-state index is -3.86. The molecule has 0 saturated heterocycles. The standard InChI is InChI=1S/C13H9ClN2O2S/c14-11-8-6-10(7-9-11)13(16-15)19(17,18)12-4-2-1-3-5-12/h1-9H. The molecule has 2 rings (SSSR count). The van der Waals surface area contributed by atoms with Gasteiger partial charge in [-0.1, -0.05) is 29.8 Å². The molecule has 0 spiro atoms. The lowest BCUT2D eigenvalue weighted by atomic mass is 10.2. The summed E-state index contributed by atoms with van der Waals surface area (Å²) >= 11 is 5.74. The highest BCUT2D eigenvalue weighted by Crippen LogP contribution is 2.17. The molecule has 0 amide bonds. The van der Waals surface area contributed by atoms with Crippen molar-refractivity contribution in [1.29, 1.82) is 0 Å². The van der Waals surface area contributed by atoms with Gasteiger partial charge in [-0.2, -0.15) is 4.79 Å². The third-order valence-electron chi connectivity index (χ3n) is 2.49. The van der Waals surface area contributed by atoms with Crippen molar-refractivity contribution in [1.82, 2.24) is 0 Å². The number of rotatable bonds is 2. The lowest BCUT2D eigenvalue weighted by molar-refractivity contribution is 0.000605. The molecular weight excluding hydrogens is 284 g/mol. The van der Waals surface area contributed by atoms with E-state index in [1.807, 2.05) is 0 Å². The first-order valence-electron chi connectivity index (χ1n) is 5.34. The van der Waals surface area contributed by atoms with E-state index in [0.29, 0.717) is 5.02 Å². The third-order valence-corrected chi connectivity index (χ3v) is 4.46. The van der Waals surface area contributed by atoms with Gasteiger partial charge in [-0.05, 0) is 36.4 Å². The molecule has 0 N–H and O–H groups in total. The molecule has 2 aromatic carbocycles. The Balaban J connectivity index is 2.55. The van der Waals surface area contributed by atoms with Crippen molar-refractivity contribution in [2.45, 2.75) is 4.90 Å². The summed E-state index contributed by atoms with van der Waals surface area (Å²) in [6.07, 6.45) is 0. The van der Waals surface area contributed by atoms with E-state index in [4.69, 9.17) is 17.1 Å². The number of nitrogens with zero attached hydrogens (tertiary/aromatic N) is 2. The molecular formula is C13H9ClN2O2S.